The van der Waals surface area contributed by atoms with Crippen molar-refractivity contribution in [2.45, 2.75) is 44.1 Å². The van der Waals surface area contributed by atoms with E-state index in [1.54, 1.807) is 24.3 Å². The fourth-order valence-electron chi connectivity index (χ4n) is 5.33. The largest absolute Gasteiger partial charge is 0.508 e. The molecule has 1 saturated carbocycles. The molecule has 3 amide bonds. The molecule has 7 nitrogen and oxygen atoms in total. The van der Waals surface area contributed by atoms with Gasteiger partial charge in [0, 0.05) is 24.8 Å². The van der Waals surface area contributed by atoms with Crippen LogP contribution in [0, 0.1) is 5.41 Å². The number of amides is 3. The van der Waals surface area contributed by atoms with Crippen LogP contribution in [-0.2, 0) is 22.3 Å². The Morgan fingerprint density at radius 3 is 2.47 bits per heavy atom. The number of hydrogen-bond donors (Lipinski definition) is 2. The van der Waals surface area contributed by atoms with E-state index in [1.165, 1.54) is 4.90 Å². The molecule has 0 spiro atoms. The molecule has 0 bridgehead atoms. The average molecular weight is 474 g/mol. The van der Waals surface area contributed by atoms with Gasteiger partial charge in [-0.25, -0.2) is 0 Å². The van der Waals surface area contributed by atoms with Crippen molar-refractivity contribution in [2.24, 2.45) is 5.41 Å². The number of phenols is 1. The number of phenolic OH excluding ortho intramolecular Hbond substituents is 1. The Kier molecular flexibility index (Phi) is 5.16. The van der Waals surface area contributed by atoms with Crippen LogP contribution < -0.4 is 5.32 Å². The summed E-state index contributed by atoms with van der Waals surface area (Å²) in [7, 11) is 0. The highest BCUT2D eigenvalue weighted by molar-refractivity contribution is 6.21. The van der Waals surface area contributed by atoms with Gasteiger partial charge in [-0.1, -0.05) is 12.1 Å². The second-order valence-electron chi connectivity index (χ2n) is 8.91. The van der Waals surface area contributed by atoms with E-state index in [9.17, 15) is 32.7 Å². The summed E-state index contributed by atoms with van der Waals surface area (Å²) in [6, 6.07) is 8.51. The van der Waals surface area contributed by atoms with Gasteiger partial charge < -0.3 is 15.2 Å². The van der Waals surface area contributed by atoms with Gasteiger partial charge in [0.25, 0.3) is 11.8 Å². The summed E-state index contributed by atoms with van der Waals surface area (Å²) in [6.07, 6.45) is -4.26. The van der Waals surface area contributed by atoms with E-state index in [2.05, 4.69) is 5.32 Å². The second kappa shape index (κ2) is 7.83. The lowest BCUT2D eigenvalue weighted by Gasteiger charge is -2.27. The number of ether oxygens (including phenoxy) is 1. The predicted molar refractivity (Wildman–Crippen MR) is 112 cm³/mol. The minimum Gasteiger partial charge on any atom is -0.508 e. The van der Waals surface area contributed by atoms with E-state index in [0.29, 0.717) is 30.6 Å². The zero-order valence-electron chi connectivity index (χ0n) is 17.9. The summed E-state index contributed by atoms with van der Waals surface area (Å²) in [5.74, 6) is -1.61. The van der Waals surface area contributed by atoms with Gasteiger partial charge >= 0.3 is 6.18 Å². The first-order chi connectivity index (χ1) is 16.1. The number of benzene rings is 2. The molecule has 10 heteroatoms. The van der Waals surface area contributed by atoms with Crippen LogP contribution in [0.4, 0.5) is 13.2 Å². The first-order valence-electron chi connectivity index (χ1n) is 10.9. The van der Waals surface area contributed by atoms with Crippen molar-refractivity contribution < 1.29 is 37.4 Å². The first kappa shape index (κ1) is 22.4. The predicted octanol–water partition coefficient (Wildman–Crippen LogP) is 3.26. The van der Waals surface area contributed by atoms with Crippen molar-refractivity contribution in [1.82, 2.24) is 10.2 Å². The molecule has 2 heterocycles. The number of carbonyl (C=O) groups is 3. The van der Waals surface area contributed by atoms with Crippen molar-refractivity contribution >= 4 is 17.7 Å². The van der Waals surface area contributed by atoms with Crippen LogP contribution in [0.5, 0.6) is 5.75 Å². The third kappa shape index (κ3) is 3.44. The maximum absolute atomic E-state index is 13.3. The summed E-state index contributed by atoms with van der Waals surface area (Å²) in [4.78, 5) is 40.3. The van der Waals surface area contributed by atoms with Gasteiger partial charge in [-0.05, 0) is 49.6 Å². The summed E-state index contributed by atoms with van der Waals surface area (Å²) in [6.45, 7) is 0.0163. The van der Waals surface area contributed by atoms with E-state index in [1.807, 2.05) is 0 Å². The Bertz CT molecular complexity index is 1160. The van der Waals surface area contributed by atoms with Crippen LogP contribution in [0.3, 0.4) is 0 Å². The van der Waals surface area contributed by atoms with Gasteiger partial charge in [0.1, 0.15) is 5.75 Å². The molecule has 0 radical (unpaired) electrons. The van der Waals surface area contributed by atoms with E-state index in [0.717, 1.165) is 18.2 Å². The van der Waals surface area contributed by atoms with Crippen LogP contribution in [0.1, 0.15) is 51.1 Å². The Morgan fingerprint density at radius 2 is 1.82 bits per heavy atom. The van der Waals surface area contributed by atoms with Crippen molar-refractivity contribution in [1.29, 1.82) is 0 Å². The lowest BCUT2D eigenvalue weighted by Crippen LogP contribution is -2.44. The lowest BCUT2D eigenvalue weighted by molar-refractivity contribution is -0.137. The molecular weight excluding hydrogens is 453 g/mol. The monoisotopic (exact) mass is 474 g/mol. The second-order valence-corrected chi connectivity index (χ2v) is 8.91. The van der Waals surface area contributed by atoms with Crippen LogP contribution in [0.25, 0.3) is 0 Å². The molecule has 0 unspecified atom stereocenters. The first-order valence-corrected chi connectivity index (χ1v) is 10.9. The van der Waals surface area contributed by atoms with E-state index in [-0.39, 0.29) is 24.3 Å². The number of fused-ring (bicyclic) bond motifs is 2. The highest BCUT2D eigenvalue weighted by Gasteiger charge is 2.59. The standard InChI is InChI=1S/C24H21F3N2O5/c25-24(26,27)14-5-6-18(30)13(9-14)12-28-22(33)23-7-8-34-19(23)10-15(11-23)29-20(31)16-3-1-2-4-17(16)21(29)32/h1-6,9,15,19,30H,7-8,10-12H2,(H,28,33)/t15-,19-,23-/m1/s1. The minimum atomic E-state index is -4.58. The highest BCUT2D eigenvalue weighted by Crippen LogP contribution is 2.50. The fraction of sp³-hybridized carbons (Fsp3) is 0.375. The maximum Gasteiger partial charge on any atom is 0.416 e. The third-order valence-electron chi connectivity index (χ3n) is 7.06. The Morgan fingerprint density at radius 1 is 1.15 bits per heavy atom. The SMILES string of the molecule is O=C1c2ccccc2C(=O)N1[C@@H]1C[C@H]2OCC[C@@]2(C(=O)NCc2cc(C(F)(F)F)ccc2O)C1. The number of alkyl halides is 3. The summed E-state index contributed by atoms with van der Waals surface area (Å²) >= 11 is 0. The van der Waals surface area contributed by atoms with Crippen LogP contribution in [-0.4, -0.2) is 46.5 Å². The molecule has 3 aliphatic rings. The average Bonchev–Trinajstić information content (AvgIpc) is 3.42. The maximum atomic E-state index is 13.3. The topological polar surface area (TPSA) is 95.9 Å². The molecule has 1 aliphatic carbocycles. The minimum absolute atomic E-state index is 0.0649. The number of aromatic hydroxyl groups is 1. The molecule has 3 atom stereocenters. The summed E-state index contributed by atoms with van der Waals surface area (Å²) in [5, 5.41) is 12.6. The highest BCUT2D eigenvalue weighted by atomic mass is 19.4. The number of carbonyl (C=O) groups excluding carboxylic acids is 3. The van der Waals surface area contributed by atoms with Crippen LogP contribution >= 0.6 is 0 Å². The molecule has 2 fully saturated rings. The molecule has 0 aromatic heterocycles. The number of hydrogen-bond acceptors (Lipinski definition) is 5. The van der Waals surface area contributed by atoms with Crippen molar-refractivity contribution in [3.05, 3.63) is 64.7 Å². The number of imide groups is 1. The van der Waals surface area contributed by atoms with Gasteiger partial charge in [0.15, 0.2) is 0 Å². The Labute approximate surface area is 192 Å². The summed E-state index contributed by atoms with van der Waals surface area (Å²) in [5.41, 5.74) is -1.36. The van der Waals surface area contributed by atoms with Gasteiger partial charge in [-0.3, -0.25) is 19.3 Å². The molecule has 1 saturated heterocycles. The van der Waals surface area contributed by atoms with E-state index in [4.69, 9.17) is 4.74 Å². The van der Waals surface area contributed by atoms with Gasteiger partial charge in [-0.15, -0.1) is 0 Å². The Hall–Kier alpha value is -3.40. The third-order valence-corrected chi connectivity index (χ3v) is 7.06. The van der Waals surface area contributed by atoms with Crippen LogP contribution in [0.2, 0.25) is 0 Å². The number of nitrogens with zero attached hydrogens (tertiary/aromatic N) is 1. The van der Waals surface area contributed by atoms with Gasteiger partial charge in [-0.2, -0.15) is 13.2 Å². The molecular formula is C24H21F3N2O5. The van der Waals surface area contributed by atoms with E-state index >= 15 is 0 Å². The molecule has 2 aromatic carbocycles. The zero-order chi connectivity index (χ0) is 24.3. The normalized spacial score (nSPS) is 26.0. The number of nitrogens with one attached hydrogen (secondary N) is 1. The molecule has 2 aliphatic heterocycles. The van der Waals surface area contributed by atoms with Crippen LogP contribution in [0.15, 0.2) is 42.5 Å². The van der Waals surface area contributed by atoms with Crippen molar-refractivity contribution in [3.63, 3.8) is 0 Å². The Balaban J connectivity index is 1.34. The lowest BCUT2D eigenvalue weighted by atomic mass is 9.81. The number of halogens is 3. The van der Waals surface area contributed by atoms with Gasteiger partial charge in [0.05, 0.1) is 28.2 Å². The molecule has 2 N–H and O–H groups in total. The van der Waals surface area contributed by atoms with Crippen molar-refractivity contribution in [3.8, 4) is 5.75 Å². The zero-order valence-corrected chi connectivity index (χ0v) is 17.9. The smallest absolute Gasteiger partial charge is 0.416 e. The van der Waals surface area contributed by atoms with Crippen molar-refractivity contribution in [2.75, 3.05) is 6.61 Å². The summed E-state index contributed by atoms with van der Waals surface area (Å²) < 4.78 is 44.9. The molecule has 2 aromatic rings. The molecule has 178 valence electrons. The van der Waals surface area contributed by atoms with E-state index < -0.39 is 47.0 Å². The number of rotatable bonds is 4. The quantitative estimate of drug-likeness (QED) is 0.664. The van der Waals surface area contributed by atoms with Gasteiger partial charge in [0.2, 0.25) is 5.91 Å². The molecule has 34 heavy (non-hydrogen) atoms. The molecule has 5 rings (SSSR count). The fourth-order valence-corrected chi connectivity index (χ4v) is 5.33.